The molecule has 1 amide bonds. The van der Waals surface area contributed by atoms with Crippen molar-refractivity contribution >= 4 is 22.4 Å². The van der Waals surface area contributed by atoms with Gasteiger partial charge in [0.05, 0.1) is 0 Å². The highest BCUT2D eigenvalue weighted by molar-refractivity contribution is 6.09. The topological polar surface area (TPSA) is 45.3 Å². The highest BCUT2D eigenvalue weighted by Gasteiger charge is 2.32. The van der Waals surface area contributed by atoms with Crippen LogP contribution in [0.1, 0.15) is 15.9 Å². The van der Waals surface area contributed by atoms with Crippen molar-refractivity contribution in [2.24, 2.45) is 0 Å². The number of halogens is 1. The standard InChI is InChI=1S/C31H28FN3O3/c32-23-8-6-21(7-9-23)30-25-18-29-28(37-20-38-29)17-22(25)16-26-27(30)19-35(31(26)36)15-12-33-10-13-34(14-11-33)24-4-2-1-3-5-24/h1-9,16-18H,10-15,19-20H2. The third kappa shape index (κ3) is 4.03. The van der Waals surface area contributed by atoms with Gasteiger partial charge in [0.1, 0.15) is 5.82 Å². The van der Waals surface area contributed by atoms with Crippen LogP contribution in [0.25, 0.3) is 21.9 Å². The number of nitrogens with zero attached hydrogens (tertiary/aromatic N) is 3. The van der Waals surface area contributed by atoms with Crippen LogP contribution in [0.2, 0.25) is 0 Å². The van der Waals surface area contributed by atoms with Gasteiger partial charge in [-0.25, -0.2) is 4.39 Å². The predicted octanol–water partition coefficient (Wildman–Crippen LogP) is 5.15. The van der Waals surface area contributed by atoms with Gasteiger partial charge in [0.25, 0.3) is 5.91 Å². The van der Waals surface area contributed by atoms with E-state index in [1.807, 2.05) is 29.2 Å². The fourth-order valence-electron chi connectivity index (χ4n) is 5.88. The molecule has 7 rings (SSSR count). The molecule has 0 radical (unpaired) electrons. The molecule has 0 unspecified atom stereocenters. The van der Waals surface area contributed by atoms with E-state index < -0.39 is 0 Å². The molecule has 0 N–H and O–H groups in total. The van der Waals surface area contributed by atoms with Crippen molar-refractivity contribution in [3.8, 4) is 22.6 Å². The number of benzene rings is 4. The fraction of sp³-hybridized carbons (Fsp3) is 0.258. The number of carbonyl (C=O) groups excluding carboxylic acids is 1. The number of amides is 1. The third-order valence-electron chi connectivity index (χ3n) is 7.92. The van der Waals surface area contributed by atoms with Crippen LogP contribution in [0.5, 0.6) is 11.5 Å². The Labute approximate surface area is 220 Å². The summed E-state index contributed by atoms with van der Waals surface area (Å²) in [6.07, 6.45) is 0. The van der Waals surface area contributed by atoms with Gasteiger partial charge < -0.3 is 19.3 Å². The molecule has 192 valence electrons. The SMILES string of the molecule is O=C1c2cc3cc4c(cc3c(-c3ccc(F)cc3)c2CN1CCN1CCN(c2ccccc2)CC1)OCO4. The average Bonchev–Trinajstić information content (AvgIpc) is 3.54. The normalized spacial score (nSPS) is 16.9. The average molecular weight is 510 g/mol. The Morgan fingerprint density at radius 2 is 1.55 bits per heavy atom. The van der Waals surface area contributed by atoms with Gasteiger partial charge >= 0.3 is 0 Å². The van der Waals surface area contributed by atoms with E-state index in [2.05, 4.69) is 34.1 Å². The van der Waals surface area contributed by atoms with Gasteiger partial charge in [-0.05, 0) is 69.9 Å². The van der Waals surface area contributed by atoms with Crippen molar-refractivity contribution in [2.75, 3.05) is 51.0 Å². The minimum Gasteiger partial charge on any atom is -0.454 e. The maximum Gasteiger partial charge on any atom is 0.254 e. The Morgan fingerprint density at radius 1 is 0.816 bits per heavy atom. The zero-order chi connectivity index (χ0) is 25.6. The number of para-hydroxylation sites is 1. The summed E-state index contributed by atoms with van der Waals surface area (Å²) in [5.41, 5.74) is 4.81. The van der Waals surface area contributed by atoms with Crippen LogP contribution in [0, 0.1) is 5.82 Å². The number of carbonyl (C=O) groups is 1. The maximum absolute atomic E-state index is 13.8. The van der Waals surface area contributed by atoms with Crippen molar-refractivity contribution in [1.29, 1.82) is 0 Å². The zero-order valence-electron chi connectivity index (χ0n) is 21.0. The molecule has 4 aromatic rings. The first-order valence-corrected chi connectivity index (χ1v) is 13.1. The summed E-state index contributed by atoms with van der Waals surface area (Å²) in [5.74, 6) is 1.13. The second kappa shape index (κ2) is 9.33. The van der Waals surface area contributed by atoms with E-state index in [0.29, 0.717) is 30.2 Å². The summed E-state index contributed by atoms with van der Waals surface area (Å²) in [7, 11) is 0. The Kier molecular flexibility index (Phi) is 5.66. The fourth-order valence-corrected chi connectivity index (χ4v) is 5.88. The number of hydrogen-bond acceptors (Lipinski definition) is 5. The molecule has 0 aromatic heterocycles. The third-order valence-corrected chi connectivity index (χ3v) is 7.92. The smallest absolute Gasteiger partial charge is 0.254 e. The second-order valence-corrected chi connectivity index (χ2v) is 10.1. The van der Waals surface area contributed by atoms with Crippen molar-refractivity contribution in [3.05, 3.63) is 89.7 Å². The van der Waals surface area contributed by atoms with Gasteiger partial charge in [-0.1, -0.05) is 30.3 Å². The maximum atomic E-state index is 13.8. The van der Waals surface area contributed by atoms with Gasteiger partial charge in [-0.2, -0.15) is 0 Å². The van der Waals surface area contributed by atoms with Gasteiger partial charge in [0.2, 0.25) is 6.79 Å². The molecule has 3 aliphatic heterocycles. The molecular formula is C31H28FN3O3. The van der Waals surface area contributed by atoms with E-state index in [1.54, 1.807) is 12.1 Å². The summed E-state index contributed by atoms with van der Waals surface area (Å²) in [5, 5.41) is 1.89. The lowest BCUT2D eigenvalue weighted by molar-refractivity contribution is 0.0757. The van der Waals surface area contributed by atoms with Crippen LogP contribution in [0.4, 0.5) is 10.1 Å². The largest absolute Gasteiger partial charge is 0.454 e. The van der Waals surface area contributed by atoms with Crippen LogP contribution < -0.4 is 14.4 Å². The highest BCUT2D eigenvalue weighted by Crippen LogP contribution is 2.44. The quantitative estimate of drug-likeness (QED) is 0.372. The van der Waals surface area contributed by atoms with Crippen LogP contribution in [-0.2, 0) is 6.54 Å². The van der Waals surface area contributed by atoms with E-state index in [9.17, 15) is 9.18 Å². The van der Waals surface area contributed by atoms with Crippen LogP contribution in [0.3, 0.4) is 0 Å². The predicted molar refractivity (Wildman–Crippen MR) is 145 cm³/mol. The summed E-state index contributed by atoms with van der Waals surface area (Å²) in [6, 6.07) is 22.9. The van der Waals surface area contributed by atoms with E-state index in [4.69, 9.17) is 9.47 Å². The van der Waals surface area contributed by atoms with E-state index >= 15 is 0 Å². The molecule has 4 aromatic carbocycles. The first-order chi connectivity index (χ1) is 18.6. The van der Waals surface area contributed by atoms with Crippen LogP contribution in [0.15, 0.2) is 72.8 Å². The van der Waals surface area contributed by atoms with Crippen molar-refractivity contribution in [2.45, 2.75) is 6.54 Å². The lowest BCUT2D eigenvalue weighted by Gasteiger charge is -2.36. The van der Waals surface area contributed by atoms with E-state index in [-0.39, 0.29) is 18.5 Å². The lowest BCUT2D eigenvalue weighted by Crippen LogP contribution is -2.48. The number of ether oxygens (including phenoxy) is 2. The molecule has 1 fully saturated rings. The molecule has 0 bridgehead atoms. The second-order valence-electron chi connectivity index (χ2n) is 10.1. The molecule has 0 saturated carbocycles. The summed E-state index contributed by atoms with van der Waals surface area (Å²) in [4.78, 5) is 20.4. The number of anilines is 1. The van der Waals surface area contributed by atoms with Gasteiger partial charge in [0.15, 0.2) is 11.5 Å². The minimum atomic E-state index is -0.284. The Hall–Kier alpha value is -4.10. The molecule has 0 atom stereocenters. The number of fused-ring (bicyclic) bond motifs is 3. The first-order valence-electron chi connectivity index (χ1n) is 13.1. The van der Waals surface area contributed by atoms with Crippen LogP contribution in [-0.4, -0.2) is 61.8 Å². The monoisotopic (exact) mass is 509 g/mol. The molecule has 1 saturated heterocycles. The Bertz CT molecular complexity index is 1520. The van der Waals surface area contributed by atoms with E-state index in [0.717, 1.165) is 60.2 Å². The van der Waals surface area contributed by atoms with Crippen molar-refractivity contribution in [1.82, 2.24) is 9.80 Å². The lowest BCUT2D eigenvalue weighted by atomic mass is 9.90. The first kappa shape index (κ1) is 23.0. The molecular weight excluding hydrogens is 481 g/mol. The van der Waals surface area contributed by atoms with Crippen molar-refractivity contribution in [3.63, 3.8) is 0 Å². The molecule has 3 heterocycles. The van der Waals surface area contributed by atoms with Gasteiger partial charge in [-0.3, -0.25) is 9.69 Å². The van der Waals surface area contributed by atoms with Gasteiger partial charge in [-0.15, -0.1) is 0 Å². The summed E-state index contributed by atoms with van der Waals surface area (Å²) in [6.45, 7) is 6.13. The van der Waals surface area contributed by atoms with E-state index in [1.165, 1.54) is 17.8 Å². The molecule has 6 nitrogen and oxygen atoms in total. The molecule has 3 aliphatic rings. The minimum absolute atomic E-state index is 0.0471. The molecule has 0 aliphatic carbocycles. The number of rotatable bonds is 5. The molecule has 38 heavy (non-hydrogen) atoms. The summed E-state index contributed by atoms with van der Waals surface area (Å²) >= 11 is 0. The van der Waals surface area contributed by atoms with Crippen molar-refractivity contribution < 1.29 is 18.7 Å². The van der Waals surface area contributed by atoms with Crippen LogP contribution >= 0.6 is 0 Å². The number of hydrogen-bond donors (Lipinski definition) is 0. The highest BCUT2D eigenvalue weighted by atomic mass is 19.1. The number of piperazine rings is 1. The van der Waals surface area contributed by atoms with Gasteiger partial charge in [0, 0.05) is 57.1 Å². The Morgan fingerprint density at radius 3 is 2.32 bits per heavy atom. The summed E-state index contributed by atoms with van der Waals surface area (Å²) < 4.78 is 25.0. The zero-order valence-corrected chi connectivity index (χ0v) is 21.0. The molecule has 7 heteroatoms. The Balaban J connectivity index is 1.14. The molecule has 0 spiro atoms.